The van der Waals surface area contributed by atoms with Gasteiger partial charge in [-0.25, -0.2) is 4.39 Å². The van der Waals surface area contributed by atoms with Crippen LogP contribution >= 0.6 is 0 Å². The van der Waals surface area contributed by atoms with Crippen molar-refractivity contribution >= 4 is 5.97 Å². The summed E-state index contributed by atoms with van der Waals surface area (Å²) >= 11 is 0. The van der Waals surface area contributed by atoms with Crippen molar-refractivity contribution in [2.45, 2.75) is 90.9 Å². The van der Waals surface area contributed by atoms with Gasteiger partial charge < -0.3 is 4.74 Å². The molecular weight excluding hydrogens is 327 g/mol. The Balaban J connectivity index is 1.67. The lowest BCUT2D eigenvalue weighted by Crippen LogP contribution is -2.17. The van der Waals surface area contributed by atoms with Gasteiger partial charge >= 0.3 is 5.97 Å². The molecule has 0 N–H and O–H groups in total. The Labute approximate surface area is 158 Å². The summed E-state index contributed by atoms with van der Waals surface area (Å²) in [5, 5.41) is 0. The number of aryl methyl sites for hydroxylation is 1. The molecule has 1 aliphatic rings. The lowest BCUT2D eigenvalue weighted by molar-refractivity contribution is -0.134. The molecular formula is C23H35FO2. The predicted octanol–water partition coefficient (Wildman–Crippen LogP) is 6.85. The van der Waals surface area contributed by atoms with Crippen molar-refractivity contribution in [3.63, 3.8) is 0 Å². The van der Waals surface area contributed by atoms with Gasteiger partial charge in [0.25, 0.3) is 0 Å². The highest BCUT2D eigenvalue weighted by atomic mass is 19.1. The van der Waals surface area contributed by atoms with E-state index in [1.54, 1.807) is 12.1 Å². The second kappa shape index (κ2) is 11.4. The average molecular weight is 363 g/mol. The maximum atomic E-state index is 13.9. The summed E-state index contributed by atoms with van der Waals surface area (Å²) in [6, 6.07) is 4.76. The van der Waals surface area contributed by atoms with Crippen LogP contribution in [0.5, 0.6) is 5.75 Å². The molecule has 0 radical (unpaired) electrons. The number of hydrogen-bond donors (Lipinski definition) is 0. The van der Waals surface area contributed by atoms with Gasteiger partial charge in [-0.3, -0.25) is 4.79 Å². The third kappa shape index (κ3) is 7.09. The molecule has 3 heteroatoms. The molecule has 1 fully saturated rings. The van der Waals surface area contributed by atoms with Crippen molar-refractivity contribution in [3.05, 3.63) is 29.6 Å². The lowest BCUT2D eigenvalue weighted by atomic mass is 9.78. The average Bonchev–Trinajstić information content (AvgIpc) is 2.64. The number of benzene rings is 1. The number of carbonyl (C=O) groups is 1. The molecule has 0 aliphatic heterocycles. The van der Waals surface area contributed by atoms with Gasteiger partial charge in [0.15, 0.2) is 0 Å². The van der Waals surface area contributed by atoms with E-state index in [1.807, 2.05) is 6.92 Å². The van der Waals surface area contributed by atoms with Crippen LogP contribution in [0.3, 0.4) is 0 Å². The molecule has 0 saturated heterocycles. The first kappa shape index (κ1) is 20.9. The first-order valence-electron chi connectivity index (χ1n) is 10.6. The smallest absolute Gasteiger partial charge is 0.311 e. The third-order valence-corrected chi connectivity index (χ3v) is 5.71. The van der Waals surface area contributed by atoms with E-state index in [9.17, 15) is 9.18 Å². The highest BCUT2D eigenvalue weighted by Gasteiger charge is 2.21. The van der Waals surface area contributed by atoms with E-state index in [2.05, 4.69) is 6.92 Å². The first-order valence-corrected chi connectivity index (χ1v) is 10.6. The molecule has 0 heterocycles. The fraction of sp³-hybridized carbons (Fsp3) is 0.696. The molecule has 1 aromatic carbocycles. The van der Waals surface area contributed by atoms with Crippen LogP contribution in [-0.4, -0.2) is 5.97 Å². The topological polar surface area (TPSA) is 26.3 Å². The number of esters is 1. The van der Waals surface area contributed by atoms with E-state index in [1.165, 1.54) is 57.4 Å². The van der Waals surface area contributed by atoms with Gasteiger partial charge in [0.05, 0.1) is 0 Å². The molecule has 0 bridgehead atoms. The maximum Gasteiger partial charge on any atom is 0.311 e. The van der Waals surface area contributed by atoms with E-state index in [4.69, 9.17) is 4.74 Å². The second-order valence-electron chi connectivity index (χ2n) is 7.90. The Morgan fingerprint density at radius 1 is 1.04 bits per heavy atom. The number of halogens is 1. The van der Waals surface area contributed by atoms with Crippen molar-refractivity contribution in [2.24, 2.45) is 11.8 Å². The van der Waals surface area contributed by atoms with Crippen LogP contribution in [0.15, 0.2) is 18.2 Å². The van der Waals surface area contributed by atoms with Gasteiger partial charge in [-0.1, -0.05) is 77.7 Å². The van der Waals surface area contributed by atoms with Crippen LogP contribution in [0.25, 0.3) is 0 Å². The SMILES string of the molecule is CCCCC[C@H]1CC[C@H](CCC(=O)Oc2ccc(CCC)c(F)c2)CC1. The van der Waals surface area contributed by atoms with Crippen molar-refractivity contribution in [2.75, 3.05) is 0 Å². The Morgan fingerprint density at radius 2 is 1.73 bits per heavy atom. The van der Waals surface area contributed by atoms with Gasteiger partial charge in [0.2, 0.25) is 0 Å². The molecule has 0 aromatic heterocycles. The van der Waals surface area contributed by atoms with E-state index < -0.39 is 0 Å². The number of hydrogen-bond acceptors (Lipinski definition) is 2. The normalized spacial score (nSPS) is 20.1. The van der Waals surface area contributed by atoms with Crippen LogP contribution in [-0.2, 0) is 11.2 Å². The van der Waals surface area contributed by atoms with Crippen LogP contribution in [0.2, 0.25) is 0 Å². The molecule has 26 heavy (non-hydrogen) atoms. The van der Waals surface area contributed by atoms with Crippen molar-refractivity contribution in [1.29, 1.82) is 0 Å². The summed E-state index contributed by atoms with van der Waals surface area (Å²) in [6.45, 7) is 4.27. The van der Waals surface area contributed by atoms with Crippen LogP contribution in [0.1, 0.15) is 90.0 Å². The minimum absolute atomic E-state index is 0.238. The van der Waals surface area contributed by atoms with E-state index in [0.29, 0.717) is 30.1 Å². The van der Waals surface area contributed by atoms with Gasteiger partial charge in [0.1, 0.15) is 11.6 Å². The van der Waals surface area contributed by atoms with Gasteiger partial charge in [-0.05, 0) is 36.3 Å². The number of rotatable bonds is 10. The highest BCUT2D eigenvalue weighted by molar-refractivity contribution is 5.72. The Bertz CT molecular complexity index is 547. The molecule has 0 unspecified atom stereocenters. The van der Waals surface area contributed by atoms with Gasteiger partial charge in [-0.15, -0.1) is 0 Å². The molecule has 0 amide bonds. The minimum atomic E-state index is -0.279. The summed E-state index contributed by atoms with van der Waals surface area (Å²) in [5.41, 5.74) is 0.683. The zero-order valence-corrected chi connectivity index (χ0v) is 16.6. The monoisotopic (exact) mass is 362 g/mol. The summed E-state index contributed by atoms with van der Waals surface area (Å²) in [7, 11) is 0. The third-order valence-electron chi connectivity index (χ3n) is 5.71. The fourth-order valence-electron chi connectivity index (χ4n) is 4.06. The van der Waals surface area contributed by atoms with Crippen molar-refractivity contribution < 1.29 is 13.9 Å². The van der Waals surface area contributed by atoms with E-state index in [-0.39, 0.29) is 11.8 Å². The number of ether oxygens (including phenoxy) is 1. The highest BCUT2D eigenvalue weighted by Crippen LogP contribution is 2.34. The van der Waals surface area contributed by atoms with Crippen molar-refractivity contribution in [3.8, 4) is 5.75 Å². The molecule has 146 valence electrons. The first-order chi connectivity index (χ1) is 12.6. The minimum Gasteiger partial charge on any atom is -0.426 e. The summed E-state index contributed by atoms with van der Waals surface area (Å²) in [4.78, 5) is 12.1. The van der Waals surface area contributed by atoms with Crippen LogP contribution in [0, 0.1) is 17.7 Å². The van der Waals surface area contributed by atoms with E-state index >= 15 is 0 Å². The zero-order valence-electron chi connectivity index (χ0n) is 16.6. The second-order valence-corrected chi connectivity index (χ2v) is 7.90. The predicted molar refractivity (Wildman–Crippen MR) is 105 cm³/mol. The van der Waals surface area contributed by atoms with Crippen LogP contribution < -0.4 is 4.74 Å². The molecule has 2 nitrogen and oxygen atoms in total. The molecule has 0 spiro atoms. The Hall–Kier alpha value is -1.38. The Kier molecular flexibility index (Phi) is 9.14. The summed E-state index contributed by atoms with van der Waals surface area (Å²) in [5.74, 6) is 1.35. The zero-order chi connectivity index (χ0) is 18.8. The van der Waals surface area contributed by atoms with E-state index in [0.717, 1.165) is 18.8 Å². The molecule has 1 saturated carbocycles. The van der Waals surface area contributed by atoms with Gasteiger partial charge in [0, 0.05) is 12.5 Å². The standard InChI is InChI=1S/C23H35FO2/c1-3-5-6-8-18-9-11-19(12-10-18)13-16-23(25)26-21-15-14-20(7-4-2)22(24)17-21/h14-15,17-19H,3-13,16H2,1-2H3/t18-,19-. The molecule has 0 atom stereocenters. The maximum absolute atomic E-state index is 13.9. The fourth-order valence-corrected chi connectivity index (χ4v) is 4.06. The number of unbranched alkanes of at least 4 members (excludes halogenated alkanes) is 2. The number of carbonyl (C=O) groups excluding carboxylic acids is 1. The summed E-state index contributed by atoms with van der Waals surface area (Å²) in [6.07, 6.45) is 13.4. The van der Waals surface area contributed by atoms with Crippen molar-refractivity contribution in [1.82, 2.24) is 0 Å². The quantitative estimate of drug-likeness (QED) is 0.258. The summed E-state index contributed by atoms with van der Waals surface area (Å²) < 4.78 is 19.2. The molecule has 1 aromatic rings. The lowest BCUT2D eigenvalue weighted by Gasteiger charge is -2.28. The van der Waals surface area contributed by atoms with Crippen LogP contribution in [0.4, 0.5) is 4.39 Å². The molecule has 1 aliphatic carbocycles. The Morgan fingerprint density at radius 3 is 2.35 bits per heavy atom. The largest absolute Gasteiger partial charge is 0.426 e. The van der Waals surface area contributed by atoms with Gasteiger partial charge in [-0.2, -0.15) is 0 Å². The molecule has 2 rings (SSSR count).